The van der Waals surface area contributed by atoms with Crippen LogP contribution in [0.4, 0.5) is 5.69 Å². The summed E-state index contributed by atoms with van der Waals surface area (Å²) in [7, 11) is 0. The van der Waals surface area contributed by atoms with Crippen LogP contribution in [0.5, 0.6) is 5.75 Å². The Kier molecular flexibility index (Phi) is 6.15. The molecule has 0 amide bonds. The van der Waals surface area contributed by atoms with Crippen LogP contribution in [-0.2, 0) is 13.2 Å². The fraction of sp³-hybridized carbons (Fsp3) is 0.0833. The summed E-state index contributed by atoms with van der Waals surface area (Å²) in [5.41, 5.74) is 2.77. The number of halogens is 3. The summed E-state index contributed by atoms with van der Waals surface area (Å²) in [6, 6.07) is 25.3. The summed E-state index contributed by atoms with van der Waals surface area (Å²) in [5.74, 6) is 0.800. The minimum Gasteiger partial charge on any atom is -0.488 e. The second kappa shape index (κ2) is 8.96. The third-order valence-corrected chi connectivity index (χ3v) is 5.66. The monoisotopic (exact) mass is 441 g/mol. The van der Waals surface area contributed by atoms with Gasteiger partial charge in [0.25, 0.3) is 0 Å². The van der Waals surface area contributed by atoms with E-state index >= 15 is 0 Å². The summed E-state index contributed by atoms with van der Waals surface area (Å²) in [6.45, 7) is 0.933. The molecule has 0 spiro atoms. The van der Waals surface area contributed by atoms with Crippen molar-refractivity contribution in [1.29, 1.82) is 0 Å². The van der Waals surface area contributed by atoms with E-state index < -0.39 is 0 Å². The number of rotatable bonds is 6. The SMILES string of the molecule is Clc1ccc(Cl)c(NCc2c(OCc3ccccc3Cl)ccc3ccccc23)c1. The maximum atomic E-state index is 6.31. The molecule has 29 heavy (non-hydrogen) atoms. The lowest BCUT2D eigenvalue weighted by atomic mass is 10.0. The maximum absolute atomic E-state index is 6.31. The molecule has 4 aromatic carbocycles. The molecule has 4 rings (SSSR count). The van der Waals surface area contributed by atoms with E-state index in [2.05, 4.69) is 23.5 Å². The van der Waals surface area contributed by atoms with E-state index in [9.17, 15) is 0 Å². The highest BCUT2D eigenvalue weighted by Gasteiger charge is 2.11. The van der Waals surface area contributed by atoms with E-state index in [1.54, 1.807) is 12.1 Å². The highest BCUT2D eigenvalue weighted by atomic mass is 35.5. The van der Waals surface area contributed by atoms with Crippen LogP contribution in [0.2, 0.25) is 15.1 Å². The first kappa shape index (κ1) is 19.9. The van der Waals surface area contributed by atoms with Crippen LogP contribution in [0.15, 0.2) is 78.9 Å². The smallest absolute Gasteiger partial charge is 0.125 e. The zero-order chi connectivity index (χ0) is 20.2. The normalized spacial score (nSPS) is 10.9. The predicted octanol–water partition coefficient (Wildman–Crippen LogP) is 7.99. The van der Waals surface area contributed by atoms with Crippen LogP contribution >= 0.6 is 34.8 Å². The lowest BCUT2D eigenvalue weighted by Gasteiger charge is -2.17. The van der Waals surface area contributed by atoms with Gasteiger partial charge in [0, 0.05) is 27.7 Å². The van der Waals surface area contributed by atoms with Gasteiger partial charge in [0.15, 0.2) is 0 Å². The van der Waals surface area contributed by atoms with Crippen molar-refractivity contribution in [2.24, 2.45) is 0 Å². The molecule has 1 N–H and O–H groups in total. The average molecular weight is 443 g/mol. The highest BCUT2D eigenvalue weighted by molar-refractivity contribution is 6.35. The number of hydrogen-bond donors (Lipinski definition) is 1. The van der Waals surface area contributed by atoms with Gasteiger partial charge in [-0.25, -0.2) is 0 Å². The number of fused-ring (bicyclic) bond motifs is 1. The Morgan fingerprint density at radius 3 is 2.41 bits per heavy atom. The number of benzene rings is 4. The molecule has 0 aliphatic carbocycles. The molecule has 0 aliphatic heterocycles. The van der Waals surface area contributed by atoms with E-state index in [4.69, 9.17) is 39.5 Å². The zero-order valence-corrected chi connectivity index (χ0v) is 17.7. The number of ether oxygens (including phenoxy) is 1. The Balaban J connectivity index is 1.65. The van der Waals surface area contributed by atoms with Crippen molar-refractivity contribution in [3.8, 4) is 5.75 Å². The third-order valence-electron chi connectivity index (χ3n) is 4.72. The van der Waals surface area contributed by atoms with E-state index in [1.165, 1.54) is 0 Å². The molecule has 0 bridgehead atoms. The van der Waals surface area contributed by atoms with Gasteiger partial charge in [0.05, 0.1) is 10.7 Å². The first-order valence-electron chi connectivity index (χ1n) is 9.17. The van der Waals surface area contributed by atoms with Crippen molar-refractivity contribution >= 4 is 51.3 Å². The van der Waals surface area contributed by atoms with Gasteiger partial charge in [-0.3, -0.25) is 0 Å². The van der Waals surface area contributed by atoms with Crippen LogP contribution < -0.4 is 10.1 Å². The van der Waals surface area contributed by atoms with Crippen LogP contribution in [0.3, 0.4) is 0 Å². The lowest BCUT2D eigenvalue weighted by Crippen LogP contribution is -2.05. The predicted molar refractivity (Wildman–Crippen MR) is 124 cm³/mol. The van der Waals surface area contributed by atoms with E-state index in [-0.39, 0.29) is 0 Å². The Labute approximate surface area is 185 Å². The first-order valence-corrected chi connectivity index (χ1v) is 10.3. The second-order valence-electron chi connectivity index (χ2n) is 6.62. The summed E-state index contributed by atoms with van der Waals surface area (Å²) in [4.78, 5) is 0. The van der Waals surface area contributed by atoms with Gasteiger partial charge in [-0.05, 0) is 41.1 Å². The van der Waals surface area contributed by atoms with Gasteiger partial charge in [0.2, 0.25) is 0 Å². The van der Waals surface area contributed by atoms with Gasteiger partial charge in [-0.2, -0.15) is 0 Å². The van der Waals surface area contributed by atoms with Crippen LogP contribution in [0.1, 0.15) is 11.1 Å². The quantitative estimate of drug-likeness (QED) is 0.327. The molecule has 146 valence electrons. The highest BCUT2D eigenvalue weighted by Crippen LogP contribution is 2.32. The lowest BCUT2D eigenvalue weighted by molar-refractivity contribution is 0.304. The summed E-state index contributed by atoms with van der Waals surface area (Å²) >= 11 is 18.7. The molecule has 0 heterocycles. The number of hydrogen-bond acceptors (Lipinski definition) is 2. The fourth-order valence-electron chi connectivity index (χ4n) is 3.22. The zero-order valence-electron chi connectivity index (χ0n) is 15.5. The van der Waals surface area contributed by atoms with Gasteiger partial charge in [0.1, 0.15) is 12.4 Å². The Morgan fingerprint density at radius 1 is 0.759 bits per heavy atom. The second-order valence-corrected chi connectivity index (χ2v) is 7.87. The molecule has 2 nitrogen and oxygen atoms in total. The van der Waals surface area contributed by atoms with Crippen LogP contribution in [0.25, 0.3) is 10.8 Å². The van der Waals surface area contributed by atoms with Gasteiger partial charge in [-0.1, -0.05) is 83.3 Å². The topological polar surface area (TPSA) is 21.3 Å². The Hall–Kier alpha value is -2.39. The average Bonchev–Trinajstić information content (AvgIpc) is 2.74. The largest absolute Gasteiger partial charge is 0.488 e. The molecular formula is C24H18Cl3NO. The maximum Gasteiger partial charge on any atom is 0.125 e. The van der Waals surface area contributed by atoms with E-state index in [0.717, 1.165) is 33.3 Å². The number of anilines is 1. The Bertz CT molecular complexity index is 1160. The molecule has 0 saturated carbocycles. The minimum atomic E-state index is 0.392. The molecule has 0 unspecified atom stereocenters. The van der Waals surface area contributed by atoms with Gasteiger partial charge in [-0.15, -0.1) is 0 Å². The standard InChI is InChI=1S/C24H18Cl3NO/c25-18-10-11-22(27)23(13-18)28-14-20-19-7-3-1-5-16(19)9-12-24(20)29-15-17-6-2-4-8-21(17)26/h1-13,28H,14-15H2. The van der Waals surface area contributed by atoms with Crippen LogP contribution in [0, 0.1) is 0 Å². The molecule has 0 atom stereocenters. The molecule has 0 saturated heterocycles. The summed E-state index contributed by atoms with van der Waals surface area (Å²) in [6.07, 6.45) is 0. The van der Waals surface area contributed by atoms with Crippen LogP contribution in [-0.4, -0.2) is 0 Å². The van der Waals surface area contributed by atoms with Crippen molar-refractivity contribution in [2.45, 2.75) is 13.2 Å². The minimum absolute atomic E-state index is 0.392. The third kappa shape index (κ3) is 4.62. The molecule has 0 fully saturated rings. The van der Waals surface area contributed by atoms with Gasteiger partial charge >= 0.3 is 0 Å². The molecule has 0 radical (unpaired) electrons. The molecule has 0 aromatic heterocycles. The number of nitrogens with one attached hydrogen (secondary N) is 1. The van der Waals surface area contributed by atoms with Crippen molar-refractivity contribution in [2.75, 3.05) is 5.32 Å². The molecule has 5 heteroatoms. The van der Waals surface area contributed by atoms with Crippen molar-refractivity contribution in [3.05, 3.63) is 105 Å². The van der Waals surface area contributed by atoms with E-state index in [1.807, 2.05) is 48.5 Å². The van der Waals surface area contributed by atoms with Gasteiger partial charge < -0.3 is 10.1 Å². The van der Waals surface area contributed by atoms with Crippen molar-refractivity contribution < 1.29 is 4.74 Å². The van der Waals surface area contributed by atoms with E-state index in [0.29, 0.717) is 28.2 Å². The fourth-order valence-corrected chi connectivity index (χ4v) is 3.77. The molecule has 4 aromatic rings. The van der Waals surface area contributed by atoms with Crippen molar-refractivity contribution in [3.63, 3.8) is 0 Å². The summed E-state index contributed by atoms with van der Waals surface area (Å²) < 4.78 is 6.17. The molecular weight excluding hydrogens is 425 g/mol. The van der Waals surface area contributed by atoms with Crippen molar-refractivity contribution in [1.82, 2.24) is 0 Å². The first-order chi connectivity index (χ1) is 14.1. The molecule has 0 aliphatic rings. The Morgan fingerprint density at radius 2 is 1.55 bits per heavy atom. The summed E-state index contributed by atoms with van der Waals surface area (Å²) in [5, 5.41) is 7.60.